The van der Waals surface area contributed by atoms with Crippen LogP contribution in [0.25, 0.3) is 0 Å². The first-order chi connectivity index (χ1) is 9.68. The molecule has 5 nitrogen and oxygen atoms in total. The summed E-state index contributed by atoms with van der Waals surface area (Å²) in [4.78, 5) is 12.1. The minimum absolute atomic E-state index is 0.00847. The molecule has 116 valence electrons. The molecule has 0 aliphatic heterocycles. The van der Waals surface area contributed by atoms with E-state index in [0.29, 0.717) is 18.0 Å². The van der Waals surface area contributed by atoms with Crippen LogP contribution in [0.15, 0.2) is 17.0 Å². The van der Waals surface area contributed by atoms with Gasteiger partial charge in [0.25, 0.3) is 0 Å². The summed E-state index contributed by atoms with van der Waals surface area (Å²) in [5, 5.41) is 8.14. The molecule has 0 spiro atoms. The highest BCUT2D eigenvalue weighted by Crippen LogP contribution is 2.34. The Bertz CT molecular complexity index is 662. The number of aryl methyl sites for hydroxylation is 1. The van der Waals surface area contributed by atoms with Crippen LogP contribution in [0, 0.1) is 12.8 Å². The van der Waals surface area contributed by atoms with Crippen molar-refractivity contribution in [2.45, 2.75) is 50.8 Å². The summed E-state index contributed by atoms with van der Waals surface area (Å²) in [5.41, 5.74) is 2.22. The van der Waals surface area contributed by atoms with Crippen molar-refractivity contribution in [2.75, 3.05) is 5.32 Å². The van der Waals surface area contributed by atoms with Crippen LogP contribution in [0.3, 0.4) is 0 Å². The Labute approximate surface area is 126 Å². The molecule has 1 saturated carbocycles. The molecule has 3 N–H and O–H groups in total. The molecule has 2 rings (SSSR count). The summed E-state index contributed by atoms with van der Waals surface area (Å²) in [5.74, 6) is 0.587. The molecule has 0 radical (unpaired) electrons. The second-order valence-corrected chi connectivity index (χ2v) is 7.66. The molecule has 1 amide bonds. The number of hydrogen-bond donors (Lipinski definition) is 2. The van der Waals surface area contributed by atoms with E-state index in [-0.39, 0.29) is 16.7 Å². The Kier molecular flexibility index (Phi) is 4.39. The van der Waals surface area contributed by atoms with Gasteiger partial charge in [-0.15, -0.1) is 0 Å². The second kappa shape index (κ2) is 5.77. The fraction of sp³-hybridized carbons (Fsp3) is 0.533. The van der Waals surface area contributed by atoms with Crippen LogP contribution in [0.5, 0.6) is 0 Å². The van der Waals surface area contributed by atoms with E-state index in [9.17, 15) is 13.2 Å². The van der Waals surface area contributed by atoms with Crippen LogP contribution in [0.4, 0.5) is 5.69 Å². The highest BCUT2D eigenvalue weighted by Gasteiger charge is 2.25. The smallest absolute Gasteiger partial charge is 0.238 e. The number of carbonyl (C=O) groups excluding carboxylic acids is 1. The largest absolute Gasteiger partial charge is 0.326 e. The number of amides is 1. The van der Waals surface area contributed by atoms with Gasteiger partial charge in [0.05, 0.1) is 4.90 Å². The number of nitrogens with two attached hydrogens (primary N) is 1. The number of nitrogens with one attached hydrogen (secondary N) is 1. The van der Waals surface area contributed by atoms with E-state index in [4.69, 9.17) is 5.14 Å². The predicted molar refractivity (Wildman–Crippen MR) is 82.6 cm³/mol. The van der Waals surface area contributed by atoms with Gasteiger partial charge in [0.15, 0.2) is 0 Å². The fourth-order valence-electron chi connectivity index (χ4n) is 2.35. The second-order valence-electron chi connectivity index (χ2n) is 6.10. The molecule has 1 fully saturated rings. The Hall–Kier alpha value is -1.40. The van der Waals surface area contributed by atoms with E-state index in [1.165, 1.54) is 6.07 Å². The Balaban J connectivity index is 2.36. The lowest BCUT2D eigenvalue weighted by Gasteiger charge is -2.18. The van der Waals surface area contributed by atoms with E-state index in [0.717, 1.165) is 24.0 Å². The minimum atomic E-state index is -3.75. The van der Waals surface area contributed by atoms with Crippen LogP contribution in [-0.4, -0.2) is 14.3 Å². The molecule has 1 aliphatic carbocycles. The van der Waals surface area contributed by atoms with Crippen LogP contribution in [-0.2, 0) is 14.8 Å². The number of carbonyl (C=O) groups is 1. The SMILES string of the molecule is Cc1cc(S(N)(=O)=O)cc(C(C)C)c1NC(=O)CC1CC1. The number of primary sulfonamides is 1. The van der Waals surface area contributed by atoms with Gasteiger partial charge in [0, 0.05) is 12.1 Å². The molecule has 0 unspecified atom stereocenters. The van der Waals surface area contributed by atoms with E-state index >= 15 is 0 Å². The van der Waals surface area contributed by atoms with E-state index < -0.39 is 10.0 Å². The number of benzene rings is 1. The van der Waals surface area contributed by atoms with Crippen molar-refractivity contribution in [1.82, 2.24) is 0 Å². The molecule has 0 atom stereocenters. The average Bonchev–Trinajstić information content (AvgIpc) is 3.13. The van der Waals surface area contributed by atoms with Gasteiger partial charge < -0.3 is 5.32 Å². The van der Waals surface area contributed by atoms with Crippen molar-refractivity contribution in [3.05, 3.63) is 23.3 Å². The van der Waals surface area contributed by atoms with E-state index in [1.807, 2.05) is 13.8 Å². The molecule has 1 aromatic carbocycles. The monoisotopic (exact) mass is 310 g/mol. The van der Waals surface area contributed by atoms with E-state index in [2.05, 4.69) is 5.32 Å². The van der Waals surface area contributed by atoms with Gasteiger partial charge in [-0.2, -0.15) is 0 Å². The molecule has 1 aliphatic rings. The molecule has 6 heteroatoms. The standard InChI is InChI=1S/C15H22N2O3S/c1-9(2)13-8-12(21(16,19)20)6-10(3)15(13)17-14(18)7-11-4-5-11/h6,8-9,11H,4-5,7H2,1-3H3,(H,17,18)(H2,16,19,20). The van der Waals surface area contributed by atoms with Gasteiger partial charge in [0.2, 0.25) is 15.9 Å². The fourth-order valence-corrected chi connectivity index (χ4v) is 2.98. The van der Waals surface area contributed by atoms with Crippen molar-refractivity contribution >= 4 is 21.6 Å². The molecular weight excluding hydrogens is 288 g/mol. The van der Waals surface area contributed by atoms with Crippen molar-refractivity contribution in [3.63, 3.8) is 0 Å². The number of rotatable bonds is 5. The maximum Gasteiger partial charge on any atom is 0.238 e. The summed E-state index contributed by atoms with van der Waals surface area (Å²) in [6.07, 6.45) is 2.77. The highest BCUT2D eigenvalue weighted by atomic mass is 32.2. The highest BCUT2D eigenvalue weighted by molar-refractivity contribution is 7.89. The summed E-state index contributed by atoms with van der Waals surface area (Å²) >= 11 is 0. The summed E-state index contributed by atoms with van der Waals surface area (Å²) in [6.45, 7) is 5.70. The van der Waals surface area contributed by atoms with Crippen molar-refractivity contribution < 1.29 is 13.2 Å². The lowest BCUT2D eigenvalue weighted by Crippen LogP contribution is -2.17. The lowest BCUT2D eigenvalue weighted by molar-refractivity contribution is -0.116. The zero-order valence-corrected chi connectivity index (χ0v) is 13.5. The molecular formula is C15H22N2O3S. The Morgan fingerprint density at radius 3 is 2.48 bits per heavy atom. The first-order valence-corrected chi connectivity index (χ1v) is 8.70. The molecule has 0 aromatic heterocycles. The Morgan fingerprint density at radius 2 is 2.00 bits per heavy atom. The maximum absolute atomic E-state index is 12.0. The summed E-state index contributed by atoms with van der Waals surface area (Å²) in [6, 6.07) is 3.06. The van der Waals surface area contributed by atoms with Crippen molar-refractivity contribution in [3.8, 4) is 0 Å². The van der Waals surface area contributed by atoms with Crippen LogP contribution >= 0.6 is 0 Å². The third-order valence-corrected chi connectivity index (χ3v) is 4.62. The van der Waals surface area contributed by atoms with E-state index in [1.54, 1.807) is 13.0 Å². The van der Waals surface area contributed by atoms with Gasteiger partial charge in [0.1, 0.15) is 0 Å². The molecule has 0 heterocycles. The van der Waals surface area contributed by atoms with Crippen molar-refractivity contribution in [1.29, 1.82) is 0 Å². The zero-order valence-electron chi connectivity index (χ0n) is 12.6. The number of sulfonamides is 1. The normalized spacial score (nSPS) is 15.3. The van der Waals surface area contributed by atoms with Gasteiger partial charge in [-0.1, -0.05) is 13.8 Å². The first kappa shape index (κ1) is 16.0. The van der Waals surface area contributed by atoms with Gasteiger partial charge in [-0.3, -0.25) is 4.79 Å². The maximum atomic E-state index is 12.0. The molecule has 0 saturated heterocycles. The average molecular weight is 310 g/mol. The number of anilines is 1. The third kappa shape index (κ3) is 4.04. The zero-order chi connectivity index (χ0) is 15.8. The molecule has 1 aromatic rings. The Morgan fingerprint density at radius 1 is 1.38 bits per heavy atom. The lowest BCUT2D eigenvalue weighted by atomic mass is 9.98. The quantitative estimate of drug-likeness (QED) is 0.875. The van der Waals surface area contributed by atoms with Crippen LogP contribution in [0.1, 0.15) is 50.2 Å². The number of hydrogen-bond acceptors (Lipinski definition) is 3. The summed E-state index contributed by atoms with van der Waals surface area (Å²) < 4.78 is 23.1. The van der Waals surface area contributed by atoms with Crippen molar-refractivity contribution in [2.24, 2.45) is 11.1 Å². The van der Waals surface area contributed by atoms with Gasteiger partial charge in [-0.05, 0) is 54.9 Å². The predicted octanol–water partition coefficient (Wildman–Crippen LogP) is 2.50. The van der Waals surface area contributed by atoms with Crippen LogP contribution in [0.2, 0.25) is 0 Å². The molecule has 0 bridgehead atoms. The third-order valence-electron chi connectivity index (χ3n) is 3.73. The molecule has 21 heavy (non-hydrogen) atoms. The van der Waals surface area contributed by atoms with Crippen LogP contribution < -0.4 is 10.5 Å². The van der Waals surface area contributed by atoms with Gasteiger partial charge in [-0.25, -0.2) is 13.6 Å². The first-order valence-electron chi connectivity index (χ1n) is 7.15. The topological polar surface area (TPSA) is 89.3 Å². The minimum Gasteiger partial charge on any atom is -0.326 e. The summed E-state index contributed by atoms with van der Waals surface area (Å²) in [7, 11) is -3.75. The van der Waals surface area contributed by atoms with Gasteiger partial charge >= 0.3 is 0 Å².